The maximum Gasteiger partial charge on any atom is 0.254 e. The number of benzene rings is 2. The average molecular weight is 484 g/mol. The van der Waals surface area contributed by atoms with Gasteiger partial charge in [0.1, 0.15) is 5.82 Å². The number of carbonyl (C=O) groups is 1. The quantitative estimate of drug-likeness (QED) is 0.304. The lowest BCUT2D eigenvalue weighted by atomic mass is 9.85. The fourth-order valence-corrected chi connectivity index (χ4v) is 4.12. The minimum Gasteiger partial charge on any atom is -0.411 e. The van der Waals surface area contributed by atoms with Crippen molar-refractivity contribution in [3.05, 3.63) is 104 Å². The van der Waals surface area contributed by atoms with E-state index >= 15 is 4.39 Å². The van der Waals surface area contributed by atoms with Gasteiger partial charge in [0, 0.05) is 42.2 Å². The second-order valence-electron chi connectivity index (χ2n) is 8.14. The first kappa shape index (κ1) is 23.7. The standard InChI is InChI=1S/C25H23ClFN3O4/c1-30-12-16(7-9-24(30)31)23(29-33)11-20(18-4-2-3-5-21(18)26)15-6-8-19(22(27)10-15)25(32)28-17-13-34-14-17/h2-10,12,17,20,33H,11,13-14H2,1H3,(H,28,32)/b29-23+. The molecular weight excluding hydrogens is 461 g/mol. The molecule has 1 fully saturated rings. The minimum absolute atomic E-state index is 0.0670. The van der Waals surface area contributed by atoms with Crippen molar-refractivity contribution in [2.45, 2.75) is 18.4 Å². The van der Waals surface area contributed by atoms with E-state index in [4.69, 9.17) is 16.3 Å². The molecule has 1 amide bonds. The van der Waals surface area contributed by atoms with Crippen LogP contribution in [0.5, 0.6) is 0 Å². The molecule has 2 N–H and O–H groups in total. The Labute approximate surface area is 200 Å². The van der Waals surface area contributed by atoms with Crippen LogP contribution in [-0.4, -0.2) is 40.6 Å². The van der Waals surface area contributed by atoms with Crippen molar-refractivity contribution < 1.29 is 19.1 Å². The first-order valence-corrected chi connectivity index (χ1v) is 11.1. The third-order valence-corrected chi connectivity index (χ3v) is 6.18. The van der Waals surface area contributed by atoms with Crippen LogP contribution in [0, 0.1) is 5.82 Å². The number of amides is 1. The summed E-state index contributed by atoms with van der Waals surface area (Å²) in [5.74, 6) is -1.66. The smallest absolute Gasteiger partial charge is 0.254 e. The summed E-state index contributed by atoms with van der Waals surface area (Å²) in [5, 5.41) is 16.4. The zero-order chi connectivity index (χ0) is 24.2. The number of halogens is 2. The highest BCUT2D eigenvalue weighted by molar-refractivity contribution is 6.31. The molecule has 0 spiro atoms. The van der Waals surface area contributed by atoms with E-state index in [0.29, 0.717) is 40.6 Å². The molecule has 0 radical (unpaired) electrons. The fraction of sp³-hybridized carbons (Fsp3) is 0.240. The van der Waals surface area contributed by atoms with E-state index in [1.165, 1.54) is 22.8 Å². The molecule has 2 heterocycles. The molecule has 1 aliphatic heterocycles. The van der Waals surface area contributed by atoms with E-state index in [-0.39, 0.29) is 23.6 Å². The summed E-state index contributed by atoms with van der Waals surface area (Å²) in [6.07, 6.45) is 1.74. The average Bonchev–Trinajstić information content (AvgIpc) is 2.79. The van der Waals surface area contributed by atoms with Crippen LogP contribution in [0.1, 0.15) is 39.4 Å². The Morgan fingerprint density at radius 2 is 2.03 bits per heavy atom. The van der Waals surface area contributed by atoms with E-state index in [1.807, 2.05) is 12.1 Å². The van der Waals surface area contributed by atoms with Crippen LogP contribution in [0.3, 0.4) is 0 Å². The third-order valence-electron chi connectivity index (χ3n) is 5.83. The maximum atomic E-state index is 15.0. The second kappa shape index (κ2) is 10.2. The first-order valence-electron chi connectivity index (χ1n) is 10.7. The highest BCUT2D eigenvalue weighted by Crippen LogP contribution is 2.35. The molecule has 1 aromatic heterocycles. The SMILES string of the molecule is Cn1cc(/C(CC(c2ccc(C(=O)NC3COC3)c(F)c2)c2ccccc2Cl)=N/O)ccc1=O. The van der Waals surface area contributed by atoms with Gasteiger partial charge in [0.05, 0.1) is 30.5 Å². The predicted octanol–water partition coefficient (Wildman–Crippen LogP) is 3.71. The Kier molecular flexibility index (Phi) is 7.09. The number of ether oxygens (including phenoxy) is 1. The van der Waals surface area contributed by atoms with E-state index in [1.54, 1.807) is 37.5 Å². The summed E-state index contributed by atoms with van der Waals surface area (Å²) < 4.78 is 21.5. The number of nitrogens with one attached hydrogen (secondary N) is 1. The van der Waals surface area contributed by atoms with Crippen molar-refractivity contribution in [3.8, 4) is 0 Å². The number of pyridine rings is 1. The molecule has 0 saturated carbocycles. The van der Waals surface area contributed by atoms with E-state index < -0.39 is 17.6 Å². The van der Waals surface area contributed by atoms with Gasteiger partial charge in [0.15, 0.2) is 0 Å². The van der Waals surface area contributed by atoms with Gasteiger partial charge in [0.2, 0.25) is 5.56 Å². The molecule has 7 nitrogen and oxygen atoms in total. The molecule has 4 rings (SSSR count). The van der Waals surface area contributed by atoms with Gasteiger partial charge >= 0.3 is 0 Å². The number of aromatic nitrogens is 1. The summed E-state index contributed by atoms with van der Waals surface area (Å²) in [6.45, 7) is 0.822. The Hall–Kier alpha value is -3.49. The summed E-state index contributed by atoms with van der Waals surface area (Å²) in [7, 11) is 1.60. The molecule has 1 unspecified atom stereocenters. The molecule has 34 heavy (non-hydrogen) atoms. The number of nitrogens with zero attached hydrogens (tertiary/aromatic N) is 2. The van der Waals surface area contributed by atoms with Crippen molar-refractivity contribution in [3.63, 3.8) is 0 Å². The van der Waals surface area contributed by atoms with Crippen molar-refractivity contribution in [1.29, 1.82) is 0 Å². The van der Waals surface area contributed by atoms with Gasteiger partial charge in [-0.2, -0.15) is 0 Å². The van der Waals surface area contributed by atoms with Gasteiger partial charge in [0.25, 0.3) is 5.91 Å². The van der Waals surface area contributed by atoms with Crippen molar-refractivity contribution >= 4 is 23.2 Å². The Morgan fingerprint density at radius 3 is 2.65 bits per heavy atom. The Morgan fingerprint density at radius 1 is 1.26 bits per heavy atom. The van der Waals surface area contributed by atoms with Gasteiger partial charge in [-0.1, -0.05) is 41.0 Å². The summed E-state index contributed by atoms with van der Waals surface area (Å²) in [4.78, 5) is 24.2. The normalized spacial score (nSPS) is 15.0. The van der Waals surface area contributed by atoms with Gasteiger partial charge in [-0.3, -0.25) is 9.59 Å². The number of hydrogen-bond donors (Lipinski definition) is 2. The first-order chi connectivity index (χ1) is 16.4. The monoisotopic (exact) mass is 483 g/mol. The third kappa shape index (κ3) is 5.03. The Balaban J connectivity index is 1.69. The lowest BCUT2D eigenvalue weighted by molar-refractivity contribution is -0.00353. The summed E-state index contributed by atoms with van der Waals surface area (Å²) in [5.41, 5.74) is 1.84. The molecule has 1 atom stereocenters. The number of aryl methyl sites for hydroxylation is 1. The molecule has 0 bridgehead atoms. The Bertz CT molecular complexity index is 1300. The number of carbonyl (C=O) groups excluding carboxylic acids is 1. The lowest BCUT2D eigenvalue weighted by Gasteiger charge is -2.27. The zero-order valence-corrected chi connectivity index (χ0v) is 19.1. The fourth-order valence-electron chi connectivity index (χ4n) is 3.85. The highest BCUT2D eigenvalue weighted by Gasteiger charge is 2.25. The van der Waals surface area contributed by atoms with Crippen LogP contribution >= 0.6 is 11.6 Å². The molecular formula is C25H23ClFN3O4. The van der Waals surface area contributed by atoms with Crippen molar-refractivity contribution in [1.82, 2.24) is 9.88 Å². The number of hydrogen-bond acceptors (Lipinski definition) is 5. The van der Waals surface area contributed by atoms with Gasteiger partial charge in [-0.05, 0) is 35.4 Å². The zero-order valence-electron chi connectivity index (χ0n) is 18.4. The van der Waals surface area contributed by atoms with Gasteiger partial charge in [-0.15, -0.1) is 0 Å². The number of rotatable bonds is 7. The highest BCUT2D eigenvalue weighted by atomic mass is 35.5. The second-order valence-corrected chi connectivity index (χ2v) is 8.55. The van der Waals surface area contributed by atoms with Crippen LogP contribution in [0.15, 0.2) is 70.7 Å². The lowest BCUT2D eigenvalue weighted by Crippen LogP contribution is -2.48. The minimum atomic E-state index is -0.670. The van der Waals surface area contributed by atoms with Gasteiger partial charge < -0.3 is 19.8 Å². The topological polar surface area (TPSA) is 92.9 Å². The molecule has 176 valence electrons. The molecule has 1 aliphatic rings. The van der Waals surface area contributed by atoms with Gasteiger partial charge in [-0.25, -0.2) is 4.39 Å². The van der Waals surface area contributed by atoms with Crippen LogP contribution < -0.4 is 10.9 Å². The predicted molar refractivity (Wildman–Crippen MR) is 126 cm³/mol. The molecule has 0 aliphatic carbocycles. The van der Waals surface area contributed by atoms with Crippen molar-refractivity contribution in [2.75, 3.05) is 13.2 Å². The van der Waals surface area contributed by atoms with E-state index in [2.05, 4.69) is 10.5 Å². The van der Waals surface area contributed by atoms with Crippen molar-refractivity contribution in [2.24, 2.45) is 12.2 Å². The van der Waals surface area contributed by atoms with Crippen LogP contribution in [0.25, 0.3) is 0 Å². The van der Waals surface area contributed by atoms with Crippen LogP contribution in [0.4, 0.5) is 4.39 Å². The molecule has 1 saturated heterocycles. The van der Waals surface area contributed by atoms with Crippen LogP contribution in [0.2, 0.25) is 5.02 Å². The van der Waals surface area contributed by atoms with E-state index in [0.717, 1.165) is 0 Å². The molecule has 9 heteroatoms. The maximum absolute atomic E-state index is 15.0. The largest absolute Gasteiger partial charge is 0.411 e. The number of oxime groups is 1. The summed E-state index contributed by atoms with van der Waals surface area (Å²) in [6, 6.07) is 14.4. The molecule has 2 aromatic carbocycles. The van der Waals surface area contributed by atoms with E-state index in [9.17, 15) is 14.8 Å². The molecule has 3 aromatic rings. The van der Waals surface area contributed by atoms with Crippen LogP contribution in [-0.2, 0) is 11.8 Å². The summed E-state index contributed by atoms with van der Waals surface area (Å²) >= 11 is 6.47.